The quantitative estimate of drug-likeness (QED) is 0.164. The van der Waals surface area contributed by atoms with Gasteiger partial charge in [0.1, 0.15) is 5.02 Å². The van der Waals surface area contributed by atoms with E-state index in [0.717, 1.165) is 55.6 Å². The third kappa shape index (κ3) is 8.70. The Hall–Kier alpha value is -3.96. The molecule has 6 rings (SSSR count). The van der Waals surface area contributed by atoms with Crippen LogP contribution in [-0.2, 0) is 16.1 Å². The van der Waals surface area contributed by atoms with Crippen LogP contribution in [0, 0.1) is 23.7 Å². The Morgan fingerprint density at radius 1 is 1.11 bits per heavy atom. The number of nitrogens with zero attached hydrogens (tertiary/aromatic N) is 5. The molecule has 2 amide bonds. The van der Waals surface area contributed by atoms with Gasteiger partial charge in [-0.3, -0.25) is 14.3 Å². The second kappa shape index (κ2) is 15.3. The maximum atomic E-state index is 12.7. The molecule has 0 radical (unpaired) electrons. The van der Waals surface area contributed by atoms with Crippen molar-refractivity contribution < 1.29 is 9.59 Å². The number of likely N-dealkylation sites (tertiary alicyclic amines) is 1. The average Bonchev–Trinajstić information content (AvgIpc) is 3.71. The van der Waals surface area contributed by atoms with Crippen LogP contribution in [0.1, 0.15) is 63.5 Å². The molecule has 3 fully saturated rings. The molecule has 1 aliphatic heterocycles. The highest BCUT2D eigenvalue weighted by atomic mass is 35.5. The lowest BCUT2D eigenvalue weighted by Gasteiger charge is -2.34. The largest absolute Gasteiger partial charge is 0.365 e. The Kier molecular flexibility index (Phi) is 10.7. The fraction of sp³-hybridized carbons (Fsp3) is 0.514. The Bertz CT molecular complexity index is 1550. The first kappa shape index (κ1) is 33.0. The van der Waals surface area contributed by atoms with Crippen molar-refractivity contribution in [3.8, 4) is 0 Å². The minimum Gasteiger partial charge on any atom is -0.365 e. The molecular formula is C35H46ClN9O2. The van der Waals surface area contributed by atoms with Gasteiger partial charge in [0.05, 0.1) is 24.1 Å². The molecule has 4 N–H and O–H groups in total. The molecule has 3 heterocycles. The van der Waals surface area contributed by atoms with Crippen molar-refractivity contribution in [2.24, 2.45) is 23.7 Å². The second-order valence-corrected chi connectivity index (χ2v) is 13.8. The zero-order chi connectivity index (χ0) is 32.8. The summed E-state index contributed by atoms with van der Waals surface area (Å²) in [4.78, 5) is 35.7. The van der Waals surface area contributed by atoms with Crippen molar-refractivity contribution in [3.63, 3.8) is 0 Å². The fourth-order valence-corrected chi connectivity index (χ4v) is 7.88. The fourth-order valence-electron chi connectivity index (χ4n) is 7.72. The third-order valence-electron chi connectivity index (χ3n) is 10.2. The van der Waals surface area contributed by atoms with Gasteiger partial charge >= 0.3 is 0 Å². The Morgan fingerprint density at radius 2 is 1.96 bits per heavy atom. The normalized spacial score (nSPS) is 22.9. The molecule has 11 nitrogen and oxygen atoms in total. The van der Waals surface area contributed by atoms with Gasteiger partial charge in [-0.25, -0.2) is 4.98 Å². The number of benzene rings is 1. The van der Waals surface area contributed by atoms with Crippen LogP contribution in [0.4, 0.5) is 23.1 Å². The SMILES string of the molecule is C=CC(=O)Nc1cccc(CNc2nc(Nc3cnn(C4CCN(CCNC(=O)CC5C(C)CC6CCC5C6)CC4)c3)ncc2Cl)c1. The molecule has 1 aromatic carbocycles. The number of fused-ring (bicyclic) bond motifs is 2. The van der Waals surface area contributed by atoms with Gasteiger partial charge in [0.15, 0.2) is 5.82 Å². The second-order valence-electron chi connectivity index (χ2n) is 13.4. The number of anilines is 4. The molecule has 47 heavy (non-hydrogen) atoms. The number of halogens is 1. The van der Waals surface area contributed by atoms with Crippen LogP contribution in [-0.4, -0.2) is 62.6 Å². The highest BCUT2D eigenvalue weighted by Crippen LogP contribution is 2.49. The van der Waals surface area contributed by atoms with Gasteiger partial charge in [0, 0.05) is 51.0 Å². The minimum atomic E-state index is -0.263. The smallest absolute Gasteiger partial charge is 0.247 e. The molecule has 3 aliphatic rings. The van der Waals surface area contributed by atoms with Crippen molar-refractivity contribution >= 4 is 46.6 Å². The highest BCUT2D eigenvalue weighted by molar-refractivity contribution is 6.32. The predicted octanol–water partition coefficient (Wildman–Crippen LogP) is 6.02. The van der Waals surface area contributed by atoms with Crippen molar-refractivity contribution in [2.75, 3.05) is 42.1 Å². The summed E-state index contributed by atoms with van der Waals surface area (Å²) in [5.74, 6) is 3.79. The number of nitrogens with one attached hydrogen (secondary N) is 4. The van der Waals surface area contributed by atoms with E-state index in [1.165, 1.54) is 31.8 Å². The first-order valence-corrected chi connectivity index (χ1v) is 17.3. The summed E-state index contributed by atoms with van der Waals surface area (Å²) in [6, 6.07) is 7.82. The van der Waals surface area contributed by atoms with E-state index in [2.05, 4.69) is 54.7 Å². The van der Waals surface area contributed by atoms with E-state index < -0.39 is 0 Å². The van der Waals surface area contributed by atoms with Crippen molar-refractivity contribution in [3.05, 3.63) is 66.1 Å². The average molecular weight is 660 g/mol. The van der Waals surface area contributed by atoms with Gasteiger partial charge < -0.3 is 26.2 Å². The van der Waals surface area contributed by atoms with Crippen LogP contribution in [0.2, 0.25) is 5.02 Å². The van der Waals surface area contributed by atoms with Gasteiger partial charge in [0.25, 0.3) is 0 Å². The molecule has 4 atom stereocenters. The van der Waals surface area contributed by atoms with Crippen LogP contribution in [0.25, 0.3) is 0 Å². The van der Waals surface area contributed by atoms with E-state index in [9.17, 15) is 9.59 Å². The Balaban J connectivity index is 0.931. The van der Waals surface area contributed by atoms with Gasteiger partial charge in [-0.2, -0.15) is 10.1 Å². The number of amides is 2. The summed E-state index contributed by atoms with van der Waals surface area (Å²) >= 11 is 6.38. The zero-order valence-corrected chi connectivity index (χ0v) is 27.9. The van der Waals surface area contributed by atoms with Crippen LogP contribution < -0.4 is 21.3 Å². The lowest BCUT2D eigenvalue weighted by atomic mass is 9.71. The monoisotopic (exact) mass is 659 g/mol. The number of aromatic nitrogens is 4. The standard InChI is InChI=1S/C35H46ClN9O2/c1-3-32(46)41-27-6-4-5-25(17-27)19-38-34-31(36)21-39-35(43-34)42-28-20-40-45(22-28)29-9-12-44(13-10-29)14-11-37-33(47)18-30-23(2)15-24-7-8-26(30)16-24/h3-6,17,20-24,26,29-30H,1,7-16,18-19H2,2H3,(H,37,47)(H,41,46)(H2,38,39,42,43). The molecule has 3 aromatic rings. The summed E-state index contributed by atoms with van der Waals surface area (Å²) in [6.07, 6.45) is 14.6. The molecule has 2 aromatic heterocycles. The van der Waals surface area contributed by atoms with E-state index in [0.29, 0.717) is 59.9 Å². The molecule has 2 bridgehead atoms. The number of rotatable bonds is 13. The molecule has 2 aliphatic carbocycles. The topological polar surface area (TPSA) is 129 Å². The molecule has 12 heteroatoms. The van der Waals surface area contributed by atoms with Gasteiger partial charge in [-0.1, -0.05) is 43.7 Å². The van der Waals surface area contributed by atoms with Gasteiger partial charge in [0.2, 0.25) is 17.8 Å². The highest BCUT2D eigenvalue weighted by Gasteiger charge is 2.40. The summed E-state index contributed by atoms with van der Waals surface area (Å²) < 4.78 is 2.02. The maximum absolute atomic E-state index is 12.7. The van der Waals surface area contributed by atoms with Gasteiger partial charge in [-0.05, 0) is 79.5 Å². The number of hydrogen-bond acceptors (Lipinski definition) is 8. The predicted molar refractivity (Wildman–Crippen MR) is 186 cm³/mol. The van der Waals surface area contributed by atoms with Crippen LogP contribution in [0.3, 0.4) is 0 Å². The van der Waals surface area contributed by atoms with Crippen LogP contribution >= 0.6 is 11.6 Å². The molecule has 1 saturated heterocycles. The molecule has 250 valence electrons. The van der Waals surface area contributed by atoms with Gasteiger partial charge in [-0.15, -0.1) is 0 Å². The zero-order valence-electron chi connectivity index (χ0n) is 27.1. The number of piperidine rings is 1. The van der Waals surface area contributed by atoms with Crippen molar-refractivity contribution in [1.29, 1.82) is 0 Å². The van der Waals surface area contributed by atoms with E-state index >= 15 is 0 Å². The summed E-state index contributed by atoms with van der Waals surface area (Å²) in [6.45, 7) is 9.85. The first-order valence-electron chi connectivity index (χ1n) is 16.9. The minimum absolute atomic E-state index is 0.229. The van der Waals surface area contributed by atoms with Crippen LogP contribution in [0.15, 0.2) is 55.5 Å². The molecule has 0 spiro atoms. The number of carbonyl (C=O) groups is 2. The lowest BCUT2D eigenvalue weighted by Crippen LogP contribution is -2.41. The van der Waals surface area contributed by atoms with Crippen LogP contribution in [0.5, 0.6) is 0 Å². The van der Waals surface area contributed by atoms with E-state index in [1.807, 2.05) is 35.1 Å². The van der Waals surface area contributed by atoms with Crippen molar-refractivity contribution in [1.82, 2.24) is 30.0 Å². The number of hydrogen-bond donors (Lipinski definition) is 4. The van der Waals surface area contributed by atoms with E-state index in [4.69, 9.17) is 11.6 Å². The number of carbonyl (C=O) groups excluding carboxylic acids is 2. The Labute approximate surface area is 281 Å². The summed E-state index contributed by atoms with van der Waals surface area (Å²) in [5, 5.41) is 17.5. The van der Waals surface area contributed by atoms with E-state index in [1.54, 1.807) is 12.4 Å². The molecular weight excluding hydrogens is 614 g/mol. The van der Waals surface area contributed by atoms with E-state index in [-0.39, 0.29) is 11.8 Å². The molecule has 2 saturated carbocycles. The summed E-state index contributed by atoms with van der Waals surface area (Å²) in [7, 11) is 0. The first-order chi connectivity index (χ1) is 22.8. The summed E-state index contributed by atoms with van der Waals surface area (Å²) in [5.41, 5.74) is 2.43. The Morgan fingerprint density at radius 3 is 2.79 bits per heavy atom. The van der Waals surface area contributed by atoms with Crippen molar-refractivity contribution in [2.45, 2.75) is 64.5 Å². The molecule has 4 unspecified atom stereocenters. The maximum Gasteiger partial charge on any atom is 0.247 e. The lowest BCUT2D eigenvalue weighted by molar-refractivity contribution is -0.123. The third-order valence-corrected chi connectivity index (χ3v) is 10.4.